The summed E-state index contributed by atoms with van der Waals surface area (Å²) in [6, 6.07) is 7.85. The first-order valence-corrected chi connectivity index (χ1v) is 7.47. The van der Waals surface area contributed by atoms with Gasteiger partial charge in [-0.3, -0.25) is 10.1 Å². The van der Waals surface area contributed by atoms with E-state index in [0.717, 1.165) is 33.9 Å². The molecule has 0 aliphatic carbocycles. The molecule has 2 aromatic rings. The Morgan fingerprint density at radius 2 is 2.37 bits per heavy atom. The normalized spacial score (nSPS) is 18.9. The summed E-state index contributed by atoms with van der Waals surface area (Å²) in [5.41, 5.74) is 1.98. The molecule has 0 bridgehead atoms. The molecule has 1 fully saturated rings. The minimum Gasteiger partial charge on any atom is -0.459 e. The lowest BCUT2D eigenvalue weighted by Gasteiger charge is -2.09. The van der Waals surface area contributed by atoms with Gasteiger partial charge in [-0.1, -0.05) is 18.2 Å². The minimum atomic E-state index is -0.0744. The Labute approximate surface area is 115 Å². The predicted octanol–water partition coefficient (Wildman–Crippen LogP) is 2.02. The van der Waals surface area contributed by atoms with E-state index in [1.54, 1.807) is 11.8 Å². The van der Waals surface area contributed by atoms with Crippen molar-refractivity contribution in [1.82, 2.24) is 10.6 Å². The second kappa shape index (κ2) is 5.27. The molecular formula is C14H16N2O2S. The smallest absolute Gasteiger partial charge is 0.238 e. The van der Waals surface area contributed by atoms with Gasteiger partial charge in [-0.15, -0.1) is 11.8 Å². The van der Waals surface area contributed by atoms with E-state index < -0.39 is 0 Å². The molecule has 1 unspecified atom stereocenters. The molecule has 0 radical (unpaired) electrons. The Balaban J connectivity index is 1.71. The van der Waals surface area contributed by atoms with Gasteiger partial charge in [0.25, 0.3) is 0 Å². The molecule has 1 aromatic carbocycles. The maximum absolute atomic E-state index is 11.9. The molecule has 2 heterocycles. The summed E-state index contributed by atoms with van der Waals surface area (Å²) in [5, 5.41) is 7.20. The number of benzene rings is 1. The van der Waals surface area contributed by atoms with Crippen molar-refractivity contribution >= 4 is 28.6 Å². The van der Waals surface area contributed by atoms with Gasteiger partial charge in [0.05, 0.1) is 12.6 Å². The Hall–Kier alpha value is -1.46. The minimum absolute atomic E-state index is 0.0462. The molecule has 1 amide bonds. The topological polar surface area (TPSA) is 54.3 Å². The monoisotopic (exact) mass is 276 g/mol. The van der Waals surface area contributed by atoms with E-state index in [2.05, 4.69) is 10.6 Å². The van der Waals surface area contributed by atoms with Gasteiger partial charge in [-0.05, 0) is 13.0 Å². The number of carbonyl (C=O) groups excluding carboxylic acids is 1. The van der Waals surface area contributed by atoms with Crippen LogP contribution in [0.3, 0.4) is 0 Å². The molecule has 100 valence electrons. The fourth-order valence-electron chi connectivity index (χ4n) is 2.25. The van der Waals surface area contributed by atoms with Crippen LogP contribution >= 0.6 is 11.8 Å². The van der Waals surface area contributed by atoms with E-state index >= 15 is 0 Å². The van der Waals surface area contributed by atoms with Crippen LogP contribution in [-0.2, 0) is 11.3 Å². The molecule has 5 heteroatoms. The van der Waals surface area contributed by atoms with Crippen molar-refractivity contribution in [2.75, 3.05) is 11.6 Å². The number of carbonyl (C=O) groups is 1. The Morgan fingerprint density at radius 3 is 3.11 bits per heavy atom. The molecule has 2 N–H and O–H groups in total. The van der Waals surface area contributed by atoms with Crippen LogP contribution in [0.4, 0.5) is 0 Å². The predicted molar refractivity (Wildman–Crippen MR) is 77.0 cm³/mol. The van der Waals surface area contributed by atoms with Crippen LogP contribution < -0.4 is 10.6 Å². The zero-order valence-corrected chi connectivity index (χ0v) is 11.5. The lowest BCUT2D eigenvalue weighted by atomic mass is 10.1. The van der Waals surface area contributed by atoms with Crippen LogP contribution in [0.5, 0.6) is 0 Å². The first-order valence-electron chi connectivity index (χ1n) is 6.31. The van der Waals surface area contributed by atoms with Gasteiger partial charge in [0.2, 0.25) is 5.91 Å². The van der Waals surface area contributed by atoms with Crippen molar-refractivity contribution in [2.24, 2.45) is 0 Å². The summed E-state index contributed by atoms with van der Waals surface area (Å²) in [6.45, 7) is 2.47. The largest absolute Gasteiger partial charge is 0.459 e. The molecule has 0 saturated carbocycles. The van der Waals surface area contributed by atoms with Crippen molar-refractivity contribution in [3.63, 3.8) is 0 Å². The number of rotatable bonds is 3. The summed E-state index contributed by atoms with van der Waals surface area (Å²) in [6.07, 6.45) is 0. The first-order chi connectivity index (χ1) is 9.25. The van der Waals surface area contributed by atoms with Gasteiger partial charge >= 0.3 is 0 Å². The van der Waals surface area contributed by atoms with Crippen molar-refractivity contribution < 1.29 is 9.21 Å². The lowest BCUT2D eigenvalue weighted by Crippen LogP contribution is -2.41. The maximum atomic E-state index is 11.9. The molecule has 1 saturated heterocycles. The van der Waals surface area contributed by atoms with E-state index in [-0.39, 0.29) is 11.9 Å². The first kappa shape index (κ1) is 12.6. The average molecular weight is 276 g/mol. The van der Waals surface area contributed by atoms with Gasteiger partial charge in [-0.2, -0.15) is 0 Å². The number of aryl methyl sites for hydroxylation is 1. The SMILES string of the molecule is Cc1c(CNC(=O)C2CSCN2)oc2ccccc12. The third-order valence-corrected chi connectivity index (χ3v) is 4.34. The standard InChI is InChI=1S/C14H16N2O2S/c1-9-10-4-2-3-5-12(10)18-13(9)6-15-14(17)11-7-19-8-16-11/h2-5,11,16H,6-8H2,1H3,(H,15,17). The summed E-state index contributed by atoms with van der Waals surface area (Å²) in [5.74, 6) is 2.57. The Bertz CT molecular complexity index is 603. The van der Waals surface area contributed by atoms with Crippen molar-refractivity contribution in [3.05, 3.63) is 35.6 Å². The molecule has 1 atom stereocenters. The molecule has 0 spiro atoms. The van der Waals surface area contributed by atoms with Crippen LogP contribution in [0.25, 0.3) is 11.0 Å². The van der Waals surface area contributed by atoms with Crippen LogP contribution in [-0.4, -0.2) is 23.6 Å². The number of furan rings is 1. The summed E-state index contributed by atoms with van der Waals surface area (Å²) in [4.78, 5) is 11.9. The zero-order chi connectivity index (χ0) is 13.2. The second-order valence-electron chi connectivity index (χ2n) is 4.64. The average Bonchev–Trinajstić information content (AvgIpc) is 3.05. The van der Waals surface area contributed by atoms with Crippen molar-refractivity contribution in [2.45, 2.75) is 19.5 Å². The maximum Gasteiger partial charge on any atom is 0.238 e. The van der Waals surface area contributed by atoms with Crippen LogP contribution in [0.15, 0.2) is 28.7 Å². The Morgan fingerprint density at radius 1 is 1.53 bits per heavy atom. The van der Waals surface area contributed by atoms with Gasteiger partial charge in [0, 0.05) is 22.6 Å². The molecule has 1 aliphatic heterocycles. The van der Waals surface area contributed by atoms with Gasteiger partial charge in [0.1, 0.15) is 11.3 Å². The number of nitrogens with one attached hydrogen (secondary N) is 2. The highest BCUT2D eigenvalue weighted by molar-refractivity contribution is 7.99. The summed E-state index contributed by atoms with van der Waals surface area (Å²) >= 11 is 1.74. The fourth-order valence-corrected chi connectivity index (χ4v) is 3.19. The fraction of sp³-hybridized carbons (Fsp3) is 0.357. The van der Waals surface area contributed by atoms with E-state index in [4.69, 9.17) is 4.42 Å². The number of fused-ring (bicyclic) bond motifs is 1. The van der Waals surface area contributed by atoms with Crippen molar-refractivity contribution in [3.8, 4) is 0 Å². The van der Waals surface area contributed by atoms with E-state index in [9.17, 15) is 4.79 Å². The van der Waals surface area contributed by atoms with Crippen LogP contribution in [0.1, 0.15) is 11.3 Å². The Kier molecular flexibility index (Phi) is 3.48. The number of amides is 1. The highest BCUT2D eigenvalue weighted by Gasteiger charge is 2.22. The zero-order valence-electron chi connectivity index (χ0n) is 10.7. The van der Waals surface area contributed by atoms with Crippen molar-refractivity contribution in [1.29, 1.82) is 0 Å². The van der Waals surface area contributed by atoms with Gasteiger partial charge in [-0.25, -0.2) is 0 Å². The van der Waals surface area contributed by atoms with E-state index in [0.29, 0.717) is 6.54 Å². The summed E-state index contributed by atoms with van der Waals surface area (Å²) < 4.78 is 5.77. The lowest BCUT2D eigenvalue weighted by molar-refractivity contribution is -0.122. The molecule has 4 nitrogen and oxygen atoms in total. The van der Waals surface area contributed by atoms with E-state index in [1.807, 2.05) is 31.2 Å². The molecular weight excluding hydrogens is 260 g/mol. The van der Waals surface area contributed by atoms with Crippen LogP contribution in [0, 0.1) is 6.92 Å². The number of thioether (sulfide) groups is 1. The molecule has 19 heavy (non-hydrogen) atoms. The van der Waals surface area contributed by atoms with Gasteiger partial charge < -0.3 is 9.73 Å². The van der Waals surface area contributed by atoms with Crippen LogP contribution in [0.2, 0.25) is 0 Å². The number of para-hydroxylation sites is 1. The highest BCUT2D eigenvalue weighted by atomic mass is 32.2. The molecule has 3 rings (SSSR count). The van der Waals surface area contributed by atoms with Gasteiger partial charge in [0.15, 0.2) is 0 Å². The molecule has 1 aliphatic rings. The van der Waals surface area contributed by atoms with E-state index in [1.165, 1.54) is 0 Å². The number of hydrogen-bond donors (Lipinski definition) is 2. The quantitative estimate of drug-likeness (QED) is 0.900. The number of hydrogen-bond acceptors (Lipinski definition) is 4. The summed E-state index contributed by atoms with van der Waals surface area (Å²) in [7, 11) is 0. The second-order valence-corrected chi connectivity index (χ2v) is 5.67. The third kappa shape index (κ3) is 2.48. The highest BCUT2D eigenvalue weighted by Crippen LogP contribution is 2.24. The third-order valence-electron chi connectivity index (χ3n) is 3.40. The molecule has 1 aromatic heterocycles.